The predicted octanol–water partition coefficient (Wildman–Crippen LogP) is -0.560. The first-order valence-electron chi connectivity index (χ1n) is 6.04. The summed E-state index contributed by atoms with van der Waals surface area (Å²) in [6.07, 6.45) is -3.58. The Morgan fingerprint density at radius 1 is 1.39 bits per heavy atom. The number of carboxylic acid groups (broad SMARTS) is 1. The third-order valence-electron chi connectivity index (χ3n) is 2.58. The van der Waals surface area contributed by atoms with Gasteiger partial charge in [0.05, 0.1) is 12.7 Å². The number of rotatable bonds is 5. The van der Waals surface area contributed by atoms with E-state index in [1.165, 1.54) is 7.05 Å². The van der Waals surface area contributed by atoms with Crippen LogP contribution in [0.3, 0.4) is 0 Å². The lowest BCUT2D eigenvalue weighted by molar-refractivity contribution is -0.145. The van der Waals surface area contributed by atoms with Crippen molar-refractivity contribution in [3.8, 4) is 0 Å². The van der Waals surface area contributed by atoms with Crippen molar-refractivity contribution < 1.29 is 27.9 Å². The smallest absolute Gasteiger partial charge is 0.453 e. The van der Waals surface area contributed by atoms with Crippen LogP contribution in [0, 0.1) is 0 Å². The molecular formula is C10H10F3N7O3. The number of aromatic nitrogens is 6. The lowest BCUT2D eigenvalue weighted by atomic mass is 10.4. The summed E-state index contributed by atoms with van der Waals surface area (Å²) in [6, 6.07) is 0. The number of carboxylic acids is 1. The number of aliphatic carboxylic acids is 1. The van der Waals surface area contributed by atoms with Crippen molar-refractivity contribution >= 4 is 11.9 Å². The zero-order valence-electron chi connectivity index (χ0n) is 11.6. The normalized spacial score (nSPS) is 11.5. The largest absolute Gasteiger partial charge is 0.480 e. The van der Waals surface area contributed by atoms with E-state index in [1.54, 1.807) is 0 Å². The van der Waals surface area contributed by atoms with E-state index in [-0.39, 0.29) is 18.1 Å². The van der Waals surface area contributed by atoms with E-state index in [4.69, 9.17) is 5.11 Å². The van der Waals surface area contributed by atoms with E-state index in [0.717, 1.165) is 15.6 Å². The quantitative estimate of drug-likeness (QED) is 0.750. The average molecular weight is 333 g/mol. The van der Waals surface area contributed by atoms with Crippen LogP contribution in [0.5, 0.6) is 0 Å². The Bertz CT molecular complexity index is 736. The highest BCUT2D eigenvalue weighted by Crippen LogP contribution is 2.25. The molecule has 2 aromatic heterocycles. The molecule has 124 valence electrons. The first-order valence-corrected chi connectivity index (χ1v) is 6.04. The number of nitrogens with zero attached hydrogens (tertiary/aromatic N) is 6. The van der Waals surface area contributed by atoms with E-state index < -0.39 is 30.4 Å². The molecule has 0 fully saturated rings. The van der Waals surface area contributed by atoms with Crippen LogP contribution in [0.1, 0.15) is 22.1 Å². The molecular weight excluding hydrogens is 323 g/mol. The first kappa shape index (κ1) is 16.4. The average Bonchev–Trinajstić information content (AvgIpc) is 3.02. The fourth-order valence-corrected chi connectivity index (χ4v) is 1.56. The van der Waals surface area contributed by atoms with E-state index in [9.17, 15) is 22.8 Å². The lowest BCUT2D eigenvalue weighted by Gasteiger charge is -2.01. The van der Waals surface area contributed by atoms with Crippen LogP contribution in [0.2, 0.25) is 0 Å². The van der Waals surface area contributed by atoms with Crippen LogP contribution in [0.4, 0.5) is 13.2 Å². The number of hydrogen-bond donors (Lipinski definition) is 2. The minimum Gasteiger partial charge on any atom is -0.480 e. The first-order chi connectivity index (χ1) is 10.7. The van der Waals surface area contributed by atoms with Gasteiger partial charge in [0.25, 0.3) is 11.7 Å². The number of carbonyl (C=O) groups excluding carboxylic acids is 1. The van der Waals surface area contributed by atoms with Crippen LogP contribution in [-0.2, 0) is 31.1 Å². The van der Waals surface area contributed by atoms with Gasteiger partial charge in [-0.15, -0.1) is 10.2 Å². The molecule has 10 nitrogen and oxygen atoms in total. The second kappa shape index (κ2) is 6.02. The fraction of sp³-hybridized carbons (Fsp3) is 0.400. The molecule has 0 bridgehead atoms. The van der Waals surface area contributed by atoms with E-state index in [1.807, 2.05) is 0 Å². The highest BCUT2D eigenvalue weighted by molar-refractivity contribution is 5.91. The summed E-state index contributed by atoms with van der Waals surface area (Å²) in [6.45, 7) is -0.789. The topological polar surface area (TPSA) is 128 Å². The highest BCUT2D eigenvalue weighted by Gasteiger charge is 2.36. The molecule has 0 spiro atoms. The molecule has 23 heavy (non-hydrogen) atoms. The summed E-state index contributed by atoms with van der Waals surface area (Å²) < 4.78 is 39.2. The van der Waals surface area contributed by atoms with Gasteiger partial charge in [-0.25, -0.2) is 9.67 Å². The van der Waals surface area contributed by atoms with Crippen molar-refractivity contribution in [1.29, 1.82) is 0 Å². The molecule has 13 heteroatoms. The maximum absolute atomic E-state index is 12.5. The van der Waals surface area contributed by atoms with Gasteiger partial charge < -0.3 is 10.4 Å². The maximum atomic E-state index is 12.5. The van der Waals surface area contributed by atoms with Crippen LogP contribution in [-0.4, -0.2) is 46.7 Å². The molecule has 0 saturated carbocycles. The summed E-state index contributed by atoms with van der Waals surface area (Å²) in [5.74, 6) is -3.32. The molecule has 2 aromatic rings. The highest BCUT2D eigenvalue weighted by atomic mass is 19.4. The van der Waals surface area contributed by atoms with Crippen molar-refractivity contribution in [2.75, 3.05) is 0 Å². The maximum Gasteiger partial charge on any atom is 0.453 e. The fourth-order valence-electron chi connectivity index (χ4n) is 1.56. The summed E-state index contributed by atoms with van der Waals surface area (Å²) in [4.78, 5) is 25.5. The molecule has 2 rings (SSSR count). The van der Waals surface area contributed by atoms with Gasteiger partial charge in [0.2, 0.25) is 0 Å². The third kappa shape index (κ3) is 4.02. The van der Waals surface area contributed by atoms with Crippen molar-refractivity contribution in [1.82, 2.24) is 35.1 Å². The zero-order valence-corrected chi connectivity index (χ0v) is 11.6. The Morgan fingerprint density at radius 2 is 2.09 bits per heavy atom. The molecule has 2 N–H and O–H groups in total. The summed E-state index contributed by atoms with van der Waals surface area (Å²) in [5.41, 5.74) is -0.176. The number of hydrogen-bond acceptors (Lipinski definition) is 6. The second-order valence-corrected chi connectivity index (χ2v) is 4.35. The van der Waals surface area contributed by atoms with Gasteiger partial charge in [-0.05, 0) is 0 Å². The van der Waals surface area contributed by atoms with Crippen molar-refractivity contribution in [2.24, 2.45) is 7.05 Å². The molecule has 0 aliphatic heterocycles. The SMILES string of the molecule is Cn1nc(C(F)(F)F)nc1CNC(=O)c1cn(CC(=O)O)nn1. The van der Waals surface area contributed by atoms with Crippen LogP contribution < -0.4 is 5.32 Å². The van der Waals surface area contributed by atoms with Gasteiger partial charge in [0.1, 0.15) is 12.4 Å². The standard InChI is InChI=1S/C10H10F3N7O3/c1-19-6(15-9(17-19)10(11,12)13)2-14-8(23)5-3-20(18-16-5)4-7(21)22/h3H,2,4H2,1H3,(H,14,23)(H,21,22). The molecule has 0 aromatic carbocycles. The molecule has 1 amide bonds. The predicted molar refractivity (Wildman–Crippen MR) is 64.8 cm³/mol. The molecule has 0 unspecified atom stereocenters. The Balaban J connectivity index is 2.00. The van der Waals surface area contributed by atoms with Gasteiger partial charge in [-0.1, -0.05) is 5.21 Å². The Labute approximate surface area is 125 Å². The van der Waals surface area contributed by atoms with E-state index in [0.29, 0.717) is 0 Å². The van der Waals surface area contributed by atoms with Gasteiger partial charge in [0, 0.05) is 7.05 Å². The minimum absolute atomic E-state index is 0.108. The third-order valence-corrected chi connectivity index (χ3v) is 2.58. The number of aryl methyl sites for hydroxylation is 1. The zero-order chi connectivity index (χ0) is 17.2. The number of carbonyl (C=O) groups is 2. The van der Waals surface area contributed by atoms with Crippen molar-refractivity contribution in [2.45, 2.75) is 19.3 Å². The lowest BCUT2D eigenvalue weighted by Crippen LogP contribution is -2.25. The summed E-state index contributed by atoms with van der Waals surface area (Å²) in [5, 5.41) is 21.0. The van der Waals surface area contributed by atoms with Crippen molar-refractivity contribution in [3.63, 3.8) is 0 Å². The summed E-state index contributed by atoms with van der Waals surface area (Å²) in [7, 11) is 1.26. The van der Waals surface area contributed by atoms with Crippen LogP contribution >= 0.6 is 0 Å². The molecule has 0 aliphatic rings. The molecule has 0 atom stereocenters. The van der Waals surface area contributed by atoms with Gasteiger partial charge in [-0.2, -0.15) is 13.2 Å². The van der Waals surface area contributed by atoms with Gasteiger partial charge in [0.15, 0.2) is 5.69 Å². The van der Waals surface area contributed by atoms with E-state index >= 15 is 0 Å². The number of halogens is 3. The molecule has 0 saturated heterocycles. The van der Waals surface area contributed by atoms with E-state index in [2.05, 4.69) is 25.7 Å². The Hall–Kier alpha value is -2.99. The minimum atomic E-state index is -4.68. The summed E-state index contributed by atoms with van der Waals surface area (Å²) >= 11 is 0. The number of alkyl halides is 3. The monoisotopic (exact) mass is 333 g/mol. The van der Waals surface area contributed by atoms with Crippen molar-refractivity contribution in [3.05, 3.63) is 23.5 Å². The molecule has 0 aliphatic carbocycles. The Kier molecular flexibility index (Phi) is 4.29. The van der Waals surface area contributed by atoms with Gasteiger partial charge in [-0.3, -0.25) is 14.3 Å². The second-order valence-electron chi connectivity index (χ2n) is 4.35. The molecule has 0 radical (unpaired) electrons. The number of nitrogens with one attached hydrogen (secondary N) is 1. The van der Waals surface area contributed by atoms with Gasteiger partial charge >= 0.3 is 12.1 Å². The van der Waals surface area contributed by atoms with Crippen LogP contribution in [0.15, 0.2) is 6.20 Å². The molecule has 2 heterocycles. The Morgan fingerprint density at radius 3 is 2.65 bits per heavy atom. The van der Waals surface area contributed by atoms with Crippen LogP contribution in [0.25, 0.3) is 0 Å². The number of amides is 1.